The van der Waals surface area contributed by atoms with Gasteiger partial charge < -0.3 is 10.3 Å². The number of H-pyrrole nitrogens is 2. The van der Waals surface area contributed by atoms with Crippen LogP contribution >= 0.6 is 0 Å². The Hall–Kier alpha value is -5.63. The second kappa shape index (κ2) is 9.59. The molecule has 0 unspecified atom stereocenters. The van der Waals surface area contributed by atoms with E-state index in [1.165, 1.54) is 12.1 Å². The van der Waals surface area contributed by atoms with Crippen LogP contribution in [0.5, 0.6) is 0 Å². The number of fused-ring (bicyclic) bond motifs is 2. The molecule has 0 aliphatic heterocycles. The van der Waals surface area contributed by atoms with Gasteiger partial charge >= 0.3 is 0 Å². The van der Waals surface area contributed by atoms with Crippen molar-refractivity contribution in [3.63, 3.8) is 0 Å². The number of amides is 1. The fourth-order valence-corrected chi connectivity index (χ4v) is 4.89. The van der Waals surface area contributed by atoms with Gasteiger partial charge in [-0.25, -0.2) is 9.37 Å². The predicted molar refractivity (Wildman–Crippen MR) is 154 cm³/mol. The fourth-order valence-electron chi connectivity index (χ4n) is 4.89. The molecule has 40 heavy (non-hydrogen) atoms. The summed E-state index contributed by atoms with van der Waals surface area (Å²) in [5.74, 6) is -0.472. The zero-order valence-corrected chi connectivity index (χ0v) is 21.0. The Kier molecular flexibility index (Phi) is 5.63. The molecular weight excluding hydrogens is 503 g/mol. The van der Waals surface area contributed by atoms with Gasteiger partial charge in [0.1, 0.15) is 11.5 Å². The van der Waals surface area contributed by atoms with E-state index in [-0.39, 0.29) is 11.7 Å². The number of aromatic nitrogens is 5. The molecule has 0 saturated heterocycles. The maximum atomic E-state index is 13.5. The number of hydrogen-bond donors (Lipinski definition) is 3. The van der Waals surface area contributed by atoms with Crippen molar-refractivity contribution in [1.29, 1.82) is 0 Å². The van der Waals surface area contributed by atoms with Crippen molar-refractivity contribution in [2.45, 2.75) is 0 Å². The van der Waals surface area contributed by atoms with Gasteiger partial charge in [-0.3, -0.25) is 14.9 Å². The van der Waals surface area contributed by atoms with E-state index in [9.17, 15) is 9.18 Å². The molecule has 0 saturated carbocycles. The second-order valence-electron chi connectivity index (χ2n) is 9.43. The zero-order chi connectivity index (χ0) is 27.1. The molecule has 0 aliphatic rings. The van der Waals surface area contributed by atoms with Gasteiger partial charge in [-0.2, -0.15) is 5.10 Å². The molecule has 1 amide bonds. The van der Waals surface area contributed by atoms with E-state index in [0.29, 0.717) is 16.9 Å². The highest BCUT2D eigenvalue weighted by Gasteiger charge is 2.15. The Morgan fingerprint density at radius 1 is 0.775 bits per heavy atom. The number of rotatable bonds is 5. The number of nitrogens with one attached hydrogen (secondary N) is 3. The van der Waals surface area contributed by atoms with Crippen LogP contribution in [0.4, 0.5) is 10.1 Å². The maximum Gasteiger partial charge on any atom is 0.255 e. The van der Waals surface area contributed by atoms with E-state index in [2.05, 4.69) is 36.5 Å². The molecular formula is C32H21FN6O. The highest BCUT2D eigenvalue weighted by molar-refractivity contribution is 6.04. The van der Waals surface area contributed by atoms with Gasteiger partial charge in [0.05, 0.1) is 17.6 Å². The SMILES string of the molecule is O=C(Nc1cncc(-c2cnc3[nH]nc(-c4cc5c(-c6ccc(F)cc6)cccc5[nH]4)c3c2)c1)c1ccccc1. The van der Waals surface area contributed by atoms with Gasteiger partial charge in [-0.15, -0.1) is 0 Å². The van der Waals surface area contributed by atoms with Crippen LogP contribution in [0.3, 0.4) is 0 Å². The average molecular weight is 525 g/mol. The summed E-state index contributed by atoms with van der Waals surface area (Å²) < 4.78 is 13.5. The predicted octanol–water partition coefficient (Wildman–Crippen LogP) is 7.23. The van der Waals surface area contributed by atoms with E-state index < -0.39 is 0 Å². The first kappa shape index (κ1) is 23.5. The van der Waals surface area contributed by atoms with Crippen molar-refractivity contribution in [2.24, 2.45) is 0 Å². The van der Waals surface area contributed by atoms with Crippen molar-refractivity contribution in [2.75, 3.05) is 5.32 Å². The van der Waals surface area contributed by atoms with E-state index in [0.717, 1.165) is 49.9 Å². The van der Waals surface area contributed by atoms with Gasteiger partial charge in [0.2, 0.25) is 0 Å². The number of carbonyl (C=O) groups excluding carboxylic acids is 1. The smallest absolute Gasteiger partial charge is 0.255 e. The van der Waals surface area contributed by atoms with Crippen LogP contribution in [-0.2, 0) is 0 Å². The molecule has 7 rings (SSSR count). The van der Waals surface area contributed by atoms with E-state index >= 15 is 0 Å². The third-order valence-corrected chi connectivity index (χ3v) is 6.86. The van der Waals surface area contributed by atoms with Gasteiger partial charge in [0.25, 0.3) is 5.91 Å². The lowest BCUT2D eigenvalue weighted by molar-refractivity contribution is 0.102. The highest BCUT2D eigenvalue weighted by Crippen LogP contribution is 2.35. The third-order valence-electron chi connectivity index (χ3n) is 6.86. The van der Waals surface area contributed by atoms with Crippen molar-refractivity contribution in [3.05, 3.63) is 121 Å². The number of pyridine rings is 2. The largest absolute Gasteiger partial charge is 0.353 e. The first-order valence-corrected chi connectivity index (χ1v) is 12.7. The first-order chi connectivity index (χ1) is 19.6. The number of nitrogens with zero attached hydrogens (tertiary/aromatic N) is 3. The number of anilines is 1. The van der Waals surface area contributed by atoms with Crippen molar-refractivity contribution in [1.82, 2.24) is 25.1 Å². The minimum Gasteiger partial charge on any atom is -0.353 e. The van der Waals surface area contributed by atoms with Crippen LogP contribution in [-0.4, -0.2) is 31.1 Å². The minimum atomic E-state index is -0.267. The third kappa shape index (κ3) is 4.27. The summed E-state index contributed by atoms with van der Waals surface area (Å²) in [6, 6.07) is 27.5. The number of benzene rings is 3. The molecule has 7 aromatic rings. The maximum absolute atomic E-state index is 13.5. The Morgan fingerprint density at radius 3 is 2.45 bits per heavy atom. The molecule has 192 valence electrons. The molecule has 0 radical (unpaired) electrons. The molecule has 0 bridgehead atoms. The number of carbonyl (C=O) groups is 1. The standard InChI is InChI=1S/C32H21FN6O/c33-23-11-9-19(10-12-23)25-7-4-8-28-26(25)15-29(37-28)30-27-14-22(17-35-31(27)39-38-30)21-13-24(18-34-16-21)36-32(40)20-5-2-1-3-6-20/h1-18,37H,(H,36,40)(H,35,38,39). The Balaban J connectivity index is 1.25. The van der Waals surface area contributed by atoms with Gasteiger partial charge in [-0.05, 0) is 59.7 Å². The van der Waals surface area contributed by atoms with Crippen LogP contribution < -0.4 is 5.32 Å². The van der Waals surface area contributed by atoms with Gasteiger partial charge in [0, 0.05) is 45.4 Å². The molecule has 4 heterocycles. The minimum absolute atomic E-state index is 0.205. The van der Waals surface area contributed by atoms with Crippen LogP contribution in [0.1, 0.15) is 10.4 Å². The monoisotopic (exact) mass is 524 g/mol. The van der Waals surface area contributed by atoms with Crippen molar-refractivity contribution >= 4 is 33.5 Å². The molecule has 0 aliphatic carbocycles. The Bertz CT molecular complexity index is 2010. The summed E-state index contributed by atoms with van der Waals surface area (Å²) in [6.07, 6.45) is 5.10. The zero-order valence-electron chi connectivity index (χ0n) is 21.0. The molecule has 3 N–H and O–H groups in total. The molecule has 0 spiro atoms. The summed E-state index contributed by atoms with van der Waals surface area (Å²) in [7, 11) is 0. The van der Waals surface area contributed by atoms with Crippen LogP contribution in [0.2, 0.25) is 0 Å². The fraction of sp³-hybridized carbons (Fsp3) is 0. The van der Waals surface area contributed by atoms with Crippen LogP contribution in [0.25, 0.3) is 55.6 Å². The molecule has 4 aromatic heterocycles. The lowest BCUT2D eigenvalue weighted by Crippen LogP contribution is -2.11. The van der Waals surface area contributed by atoms with Gasteiger partial charge in [0.15, 0.2) is 5.65 Å². The summed E-state index contributed by atoms with van der Waals surface area (Å²) >= 11 is 0. The van der Waals surface area contributed by atoms with E-state index in [1.807, 2.05) is 48.5 Å². The lowest BCUT2D eigenvalue weighted by atomic mass is 10.0. The quantitative estimate of drug-likeness (QED) is 0.221. The summed E-state index contributed by atoms with van der Waals surface area (Å²) in [6.45, 7) is 0. The summed E-state index contributed by atoms with van der Waals surface area (Å²) in [5, 5.41) is 12.3. The van der Waals surface area contributed by atoms with Crippen LogP contribution in [0, 0.1) is 5.82 Å². The normalized spacial score (nSPS) is 11.2. The van der Waals surface area contributed by atoms with Crippen molar-refractivity contribution in [3.8, 4) is 33.6 Å². The number of hydrogen-bond acceptors (Lipinski definition) is 4. The number of aromatic amines is 2. The van der Waals surface area contributed by atoms with E-state index in [1.54, 1.807) is 42.9 Å². The first-order valence-electron chi connectivity index (χ1n) is 12.7. The summed E-state index contributed by atoms with van der Waals surface area (Å²) in [4.78, 5) is 25.0. The summed E-state index contributed by atoms with van der Waals surface area (Å²) in [5.41, 5.74) is 7.89. The Labute approximate surface area is 227 Å². The number of halogens is 1. The Morgan fingerprint density at radius 2 is 1.60 bits per heavy atom. The van der Waals surface area contributed by atoms with Gasteiger partial charge in [-0.1, -0.05) is 42.5 Å². The van der Waals surface area contributed by atoms with Crippen LogP contribution in [0.15, 0.2) is 110 Å². The molecule has 3 aromatic carbocycles. The molecule has 0 atom stereocenters. The molecule has 7 nitrogen and oxygen atoms in total. The highest BCUT2D eigenvalue weighted by atomic mass is 19.1. The topological polar surface area (TPSA) is 99.3 Å². The van der Waals surface area contributed by atoms with Crippen molar-refractivity contribution < 1.29 is 9.18 Å². The lowest BCUT2D eigenvalue weighted by Gasteiger charge is -2.07. The molecule has 0 fully saturated rings. The second-order valence-corrected chi connectivity index (χ2v) is 9.43. The van der Waals surface area contributed by atoms with E-state index in [4.69, 9.17) is 0 Å². The molecule has 8 heteroatoms. The average Bonchev–Trinajstić information content (AvgIpc) is 3.62.